The number of nitrogens with zero attached hydrogens (tertiary/aromatic N) is 5. The van der Waals surface area contributed by atoms with Crippen LogP contribution in [-0.2, 0) is 0 Å². The molecule has 2 aromatic carbocycles. The van der Waals surface area contributed by atoms with Crippen LogP contribution in [0.25, 0.3) is 22.9 Å². The number of nitro groups is 1. The number of benzene rings is 2. The van der Waals surface area contributed by atoms with Crippen molar-refractivity contribution in [2.75, 3.05) is 18.2 Å². The molecule has 10 heteroatoms. The molecule has 0 unspecified atom stereocenters. The maximum absolute atomic E-state index is 11.5. The van der Waals surface area contributed by atoms with Crippen molar-refractivity contribution < 1.29 is 9.66 Å². The quantitative estimate of drug-likeness (QED) is 0.259. The van der Waals surface area contributed by atoms with Crippen LogP contribution in [0.4, 0.5) is 17.3 Å². The molecular weight excluding hydrogens is 464 g/mol. The third-order valence-corrected chi connectivity index (χ3v) is 6.41. The van der Waals surface area contributed by atoms with E-state index in [1.807, 2.05) is 61.8 Å². The van der Waals surface area contributed by atoms with Crippen molar-refractivity contribution in [3.8, 4) is 11.6 Å². The highest BCUT2D eigenvalue weighted by Gasteiger charge is 2.22. The largest absolute Gasteiger partial charge is 0.495 e. The predicted molar refractivity (Wildman–Crippen MR) is 140 cm³/mol. The lowest BCUT2D eigenvalue weighted by Crippen LogP contribution is -2.10. The molecule has 1 aliphatic rings. The smallest absolute Gasteiger partial charge is 0.274 e. The van der Waals surface area contributed by atoms with Gasteiger partial charge in [0.05, 0.1) is 39.3 Å². The van der Waals surface area contributed by atoms with Crippen LogP contribution in [0, 0.1) is 24.0 Å². The lowest BCUT2D eigenvalue weighted by Gasteiger charge is -2.18. The molecule has 2 aromatic heterocycles. The van der Waals surface area contributed by atoms with Gasteiger partial charge in [0.2, 0.25) is 5.95 Å². The van der Waals surface area contributed by atoms with Crippen molar-refractivity contribution in [3.63, 3.8) is 0 Å². The third-order valence-electron chi connectivity index (χ3n) is 5.38. The van der Waals surface area contributed by atoms with Crippen LogP contribution in [0.1, 0.15) is 30.9 Å². The molecule has 0 amide bonds. The van der Waals surface area contributed by atoms with Gasteiger partial charge in [-0.1, -0.05) is 32.1 Å². The van der Waals surface area contributed by atoms with Crippen molar-refractivity contribution in [3.05, 3.63) is 69.7 Å². The van der Waals surface area contributed by atoms with E-state index in [-0.39, 0.29) is 5.69 Å². The number of hydrogen-bond acceptors (Lipinski definition) is 8. The Morgan fingerprint density at radius 3 is 2.66 bits per heavy atom. The van der Waals surface area contributed by atoms with Crippen LogP contribution in [0.5, 0.6) is 5.75 Å². The van der Waals surface area contributed by atoms with Gasteiger partial charge >= 0.3 is 0 Å². The Morgan fingerprint density at radius 1 is 1.14 bits per heavy atom. The number of para-hydroxylation sites is 2. The first-order chi connectivity index (χ1) is 17.0. The Kier molecular flexibility index (Phi) is 7.02. The minimum Gasteiger partial charge on any atom is -0.495 e. The summed E-state index contributed by atoms with van der Waals surface area (Å²) in [6.45, 7) is 7.62. The van der Waals surface area contributed by atoms with E-state index in [0.29, 0.717) is 28.8 Å². The molecule has 4 aromatic rings. The van der Waals surface area contributed by atoms with Crippen LogP contribution in [0.3, 0.4) is 0 Å². The summed E-state index contributed by atoms with van der Waals surface area (Å²) >= 11 is 1.66. The number of imidazole rings is 1. The molecule has 0 atom stereocenters. The molecule has 35 heavy (non-hydrogen) atoms. The van der Waals surface area contributed by atoms with Gasteiger partial charge in [-0.15, -0.1) is 11.8 Å². The molecule has 0 fully saturated rings. The van der Waals surface area contributed by atoms with Gasteiger partial charge in [-0.3, -0.25) is 14.7 Å². The summed E-state index contributed by atoms with van der Waals surface area (Å²) in [7, 11) is 1.52. The number of ether oxygens (including phenoxy) is 1. The van der Waals surface area contributed by atoms with Gasteiger partial charge < -0.3 is 10.1 Å². The topological polar surface area (TPSA) is 108 Å². The molecule has 0 aliphatic carbocycles. The number of thioether (sulfide) groups is 1. The van der Waals surface area contributed by atoms with E-state index >= 15 is 0 Å². The Bertz CT molecular complexity index is 1450. The fraction of sp³-hybridized carbons (Fsp3) is 0.240. The second-order valence-electron chi connectivity index (χ2n) is 7.50. The normalized spacial score (nSPS) is 12.0. The summed E-state index contributed by atoms with van der Waals surface area (Å²) in [5, 5.41) is 14.6. The van der Waals surface area contributed by atoms with Crippen molar-refractivity contribution in [2.45, 2.75) is 32.6 Å². The van der Waals surface area contributed by atoms with E-state index in [1.165, 1.54) is 13.2 Å². The summed E-state index contributed by atoms with van der Waals surface area (Å²) in [4.78, 5) is 26.2. The molecule has 5 rings (SSSR count). The number of aryl methyl sites for hydroxylation is 2. The van der Waals surface area contributed by atoms with E-state index in [9.17, 15) is 10.1 Å². The molecule has 0 spiro atoms. The standard InChI is InChI=1S/C23H20N6O3S.C2H6/c1-13-11-20(32-3)17(12-19(13)29(30)31)26-23-25-16-8-6-10-33-21(16)22(27-23)28-14(2)24-15-7-4-5-9-18(15)28;1-2/h4-9,11-12H,10H2,1-3H3,(H,25,26,27);1-2H3. The maximum atomic E-state index is 11.5. The lowest BCUT2D eigenvalue weighted by molar-refractivity contribution is -0.385. The summed E-state index contributed by atoms with van der Waals surface area (Å²) in [5.41, 5.74) is 3.51. The van der Waals surface area contributed by atoms with Gasteiger partial charge in [0.1, 0.15) is 11.6 Å². The SMILES string of the molecule is CC.COc1cc(C)c([N+](=O)[O-])cc1Nc1nc2c(c(-n3c(C)nc4ccccc43)n1)SCC=C2. The average Bonchev–Trinajstić information content (AvgIpc) is 3.20. The minimum atomic E-state index is -0.417. The molecule has 0 bridgehead atoms. The minimum absolute atomic E-state index is 0.0108. The summed E-state index contributed by atoms with van der Waals surface area (Å²) in [6, 6.07) is 11.0. The van der Waals surface area contributed by atoms with E-state index in [0.717, 1.165) is 33.2 Å². The molecule has 0 saturated carbocycles. The van der Waals surface area contributed by atoms with Crippen LogP contribution in [-0.4, -0.2) is 37.3 Å². The molecule has 3 heterocycles. The van der Waals surface area contributed by atoms with E-state index in [2.05, 4.69) is 15.3 Å². The van der Waals surface area contributed by atoms with Crippen LogP contribution >= 0.6 is 11.8 Å². The second kappa shape index (κ2) is 10.1. The van der Waals surface area contributed by atoms with Gasteiger partial charge in [-0.05, 0) is 38.1 Å². The van der Waals surface area contributed by atoms with Crippen molar-refractivity contribution in [1.29, 1.82) is 0 Å². The van der Waals surface area contributed by atoms with Gasteiger partial charge in [0, 0.05) is 17.4 Å². The predicted octanol–water partition coefficient (Wildman–Crippen LogP) is 6.24. The third kappa shape index (κ3) is 4.57. The molecular formula is C25H26N6O3S. The summed E-state index contributed by atoms with van der Waals surface area (Å²) < 4.78 is 7.47. The Morgan fingerprint density at radius 2 is 1.91 bits per heavy atom. The number of rotatable bonds is 5. The number of hydrogen-bond donors (Lipinski definition) is 1. The molecule has 1 aliphatic heterocycles. The number of methoxy groups -OCH3 is 1. The molecule has 9 nitrogen and oxygen atoms in total. The summed E-state index contributed by atoms with van der Waals surface area (Å²) in [6.07, 6.45) is 4.01. The zero-order chi connectivity index (χ0) is 25.1. The van der Waals surface area contributed by atoms with E-state index < -0.39 is 4.92 Å². The van der Waals surface area contributed by atoms with Crippen molar-refractivity contribution in [1.82, 2.24) is 19.5 Å². The molecule has 180 valence electrons. The fourth-order valence-electron chi connectivity index (χ4n) is 3.87. The Labute approximate surface area is 207 Å². The number of fused-ring (bicyclic) bond motifs is 2. The number of nitro benzene ring substituents is 1. The Hall–Kier alpha value is -3.92. The first-order valence-electron chi connectivity index (χ1n) is 11.2. The van der Waals surface area contributed by atoms with Crippen LogP contribution in [0.15, 0.2) is 47.4 Å². The second-order valence-corrected chi connectivity index (χ2v) is 8.53. The van der Waals surface area contributed by atoms with E-state index in [4.69, 9.17) is 9.72 Å². The number of aromatic nitrogens is 4. The molecule has 1 N–H and O–H groups in total. The van der Waals surface area contributed by atoms with Crippen LogP contribution < -0.4 is 10.1 Å². The van der Waals surface area contributed by atoms with Gasteiger partial charge in [-0.25, -0.2) is 9.97 Å². The van der Waals surface area contributed by atoms with E-state index in [1.54, 1.807) is 24.8 Å². The van der Waals surface area contributed by atoms with Crippen molar-refractivity contribution >= 4 is 46.2 Å². The lowest BCUT2D eigenvalue weighted by atomic mass is 10.1. The fourth-order valence-corrected chi connectivity index (χ4v) is 4.76. The number of anilines is 2. The molecule has 0 radical (unpaired) electrons. The zero-order valence-electron chi connectivity index (χ0n) is 20.2. The zero-order valence-corrected chi connectivity index (χ0v) is 21.0. The van der Waals surface area contributed by atoms with Gasteiger partial charge in [0.15, 0.2) is 5.82 Å². The van der Waals surface area contributed by atoms with Gasteiger partial charge in [0.25, 0.3) is 5.69 Å². The maximum Gasteiger partial charge on any atom is 0.274 e. The number of nitrogens with one attached hydrogen (secondary N) is 1. The molecule has 0 saturated heterocycles. The average molecular weight is 491 g/mol. The monoisotopic (exact) mass is 490 g/mol. The highest BCUT2D eigenvalue weighted by molar-refractivity contribution is 7.99. The highest BCUT2D eigenvalue weighted by Crippen LogP contribution is 2.37. The first-order valence-corrected chi connectivity index (χ1v) is 12.2. The van der Waals surface area contributed by atoms with Crippen molar-refractivity contribution in [2.24, 2.45) is 0 Å². The highest BCUT2D eigenvalue weighted by atomic mass is 32.2. The van der Waals surface area contributed by atoms with Crippen LogP contribution in [0.2, 0.25) is 0 Å². The van der Waals surface area contributed by atoms with Gasteiger partial charge in [-0.2, -0.15) is 4.98 Å². The first kappa shape index (κ1) is 24.2. The summed E-state index contributed by atoms with van der Waals surface area (Å²) in [5.74, 6) is 3.12. The Balaban J connectivity index is 0.00000141.